The number of benzene rings is 3. The van der Waals surface area contributed by atoms with E-state index in [1.807, 2.05) is 0 Å². The van der Waals surface area contributed by atoms with E-state index in [-0.39, 0.29) is 22.6 Å². The lowest BCUT2D eigenvalue weighted by Gasteiger charge is -2.26. The first-order valence-corrected chi connectivity index (χ1v) is 11.3. The second-order valence-corrected chi connectivity index (χ2v) is 8.48. The number of hydrogen-bond acceptors (Lipinski definition) is 4. The summed E-state index contributed by atoms with van der Waals surface area (Å²) in [5.74, 6) is -2.03. The van der Waals surface area contributed by atoms with Crippen molar-refractivity contribution >= 4 is 17.3 Å². The molecule has 0 fully saturated rings. The lowest BCUT2D eigenvalue weighted by Crippen LogP contribution is -2.33. The van der Waals surface area contributed by atoms with Gasteiger partial charge < -0.3 is 14.8 Å². The molecular formula is C26H16F10N2O3. The molecular weight excluding hydrogens is 578 g/mol. The molecule has 5 nitrogen and oxygen atoms in total. The molecule has 0 saturated carbocycles. The Kier molecular flexibility index (Phi) is 7.83. The van der Waals surface area contributed by atoms with E-state index < -0.39 is 54.1 Å². The number of hydrogen-bond donors (Lipinski definition) is 1. The highest BCUT2D eigenvalue weighted by molar-refractivity contribution is 6.11. The molecule has 3 aromatic rings. The summed E-state index contributed by atoms with van der Waals surface area (Å²) >= 11 is 0. The first kappa shape index (κ1) is 29.6. The van der Waals surface area contributed by atoms with E-state index in [1.165, 1.54) is 18.2 Å². The molecule has 0 spiro atoms. The van der Waals surface area contributed by atoms with Crippen LogP contribution in [0.3, 0.4) is 0 Å². The molecule has 1 heterocycles. The summed E-state index contributed by atoms with van der Waals surface area (Å²) in [5, 5.41) is 2.69. The van der Waals surface area contributed by atoms with E-state index in [4.69, 9.17) is 0 Å². The first-order chi connectivity index (χ1) is 19.0. The van der Waals surface area contributed by atoms with Gasteiger partial charge in [0.25, 0.3) is 5.91 Å². The van der Waals surface area contributed by atoms with Crippen LogP contribution >= 0.6 is 0 Å². The maximum atomic E-state index is 13.5. The molecule has 1 unspecified atom stereocenters. The number of nitrogens with zero attached hydrogens (tertiary/aromatic N) is 1. The van der Waals surface area contributed by atoms with E-state index in [9.17, 15) is 48.7 Å². The van der Waals surface area contributed by atoms with Gasteiger partial charge in [-0.3, -0.25) is 9.69 Å². The van der Waals surface area contributed by atoms with E-state index in [0.717, 1.165) is 53.4 Å². The number of nitrogens with one attached hydrogen (secondary N) is 1. The van der Waals surface area contributed by atoms with Gasteiger partial charge >= 0.3 is 25.1 Å². The number of carbonyl (C=O) groups excluding carboxylic acids is 1. The van der Waals surface area contributed by atoms with Crippen LogP contribution in [0.2, 0.25) is 0 Å². The van der Waals surface area contributed by atoms with Gasteiger partial charge in [-0.25, -0.2) is 0 Å². The molecule has 0 aliphatic carbocycles. The Hall–Kier alpha value is -4.43. The highest BCUT2D eigenvalue weighted by atomic mass is 19.4. The summed E-state index contributed by atoms with van der Waals surface area (Å²) in [7, 11) is 0. The third kappa shape index (κ3) is 7.02. The van der Waals surface area contributed by atoms with E-state index in [2.05, 4.69) is 14.8 Å². The smallest absolute Gasteiger partial charge is 0.428 e. The molecule has 0 radical (unpaired) electrons. The second kappa shape index (κ2) is 10.9. The van der Waals surface area contributed by atoms with Crippen molar-refractivity contribution in [2.75, 3.05) is 10.2 Å². The fraction of sp³-hybridized carbons (Fsp3) is 0.192. The van der Waals surface area contributed by atoms with Crippen LogP contribution < -0.4 is 19.7 Å². The molecule has 3 aromatic carbocycles. The molecule has 0 bridgehead atoms. The predicted octanol–water partition coefficient (Wildman–Crippen LogP) is 7.92. The maximum Gasteiger partial charge on any atom is 0.573 e. The number of amides is 1. The zero-order valence-electron chi connectivity index (χ0n) is 20.1. The van der Waals surface area contributed by atoms with E-state index in [1.54, 1.807) is 0 Å². The van der Waals surface area contributed by atoms with Crippen LogP contribution in [0.4, 0.5) is 55.3 Å². The first-order valence-electron chi connectivity index (χ1n) is 11.3. The summed E-state index contributed by atoms with van der Waals surface area (Å²) in [6.45, 7) is 0. The highest BCUT2D eigenvalue weighted by Gasteiger charge is 2.44. The van der Waals surface area contributed by atoms with Crippen LogP contribution in [0.1, 0.15) is 17.2 Å². The Morgan fingerprint density at radius 1 is 0.780 bits per heavy atom. The topological polar surface area (TPSA) is 50.8 Å². The van der Waals surface area contributed by atoms with Crippen molar-refractivity contribution in [3.05, 3.63) is 95.7 Å². The summed E-state index contributed by atoms with van der Waals surface area (Å²) in [6.07, 6.45) is -17.3. The van der Waals surface area contributed by atoms with Crippen molar-refractivity contribution in [1.82, 2.24) is 0 Å². The van der Waals surface area contributed by atoms with Gasteiger partial charge in [0.05, 0.1) is 11.6 Å². The third-order valence-corrected chi connectivity index (χ3v) is 5.60. The molecule has 15 heteroatoms. The maximum absolute atomic E-state index is 13.5. The SMILES string of the molecule is O=C1C(Nc2ccc(OC(F)(F)F)cc2)=CC(c2cccc(OC(F)(F)C(F)F)c2)N1c1ccc(C(F)(F)F)cc1. The molecule has 1 N–H and O–H groups in total. The number of alkyl halides is 10. The van der Waals surface area contributed by atoms with Crippen LogP contribution in [0.15, 0.2) is 84.6 Å². The Morgan fingerprint density at radius 3 is 1.98 bits per heavy atom. The number of ether oxygens (including phenoxy) is 2. The molecule has 218 valence electrons. The zero-order valence-corrected chi connectivity index (χ0v) is 20.1. The quantitative estimate of drug-likeness (QED) is 0.269. The molecule has 1 aliphatic heterocycles. The van der Waals surface area contributed by atoms with Crippen LogP contribution in [0.25, 0.3) is 0 Å². The van der Waals surface area contributed by atoms with Crippen molar-refractivity contribution in [2.24, 2.45) is 0 Å². The number of anilines is 2. The van der Waals surface area contributed by atoms with Crippen molar-refractivity contribution in [2.45, 2.75) is 31.1 Å². The summed E-state index contributed by atoms with van der Waals surface area (Å²) < 4.78 is 137. The van der Waals surface area contributed by atoms with Crippen molar-refractivity contribution < 1.29 is 58.2 Å². The summed E-state index contributed by atoms with van der Waals surface area (Å²) in [5.41, 5.74) is -1.04. The van der Waals surface area contributed by atoms with Gasteiger partial charge in [0.2, 0.25) is 0 Å². The Labute approximate surface area is 224 Å². The monoisotopic (exact) mass is 594 g/mol. The van der Waals surface area contributed by atoms with Gasteiger partial charge in [0.1, 0.15) is 17.2 Å². The van der Waals surface area contributed by atoms with Gasteiger partial charge in [-0.15, -0.1) is 13.2 Å². The summed E-state index contributed by atoms with van der Waals surface area (Å²) in [6, 6.07) is 11.0. The fourth-order valence-corrected chi connectivity index (χ4v) is 3.85. The normalized spacial score (nSPS) is 16.2. The van der Waals surface area contributed by atoms with Crippen molar-refractivity contribution in [3.63, 3.8) is 0 Å². The van der Waals surface area contributed by atoms with Gasteiger partial charge in [-0.1, -0.05) is 12.1 Å². The molecule has 0 aromatic heterocycles. The number of halogens is 10. The van der Waals surface area contributed by atoms with Crippen molar-refractivity contribution in [1.29, 1.82) is 0 Å². The zero-order chi connectivity index (χ0) is 30.2. The second-order valence-electron chi connectivity index (χ2n) is 8.48. The average Bonchev–Trinajstić information content (AvgIpc) is 3.19. The summed E-state index contributed by atoms with van der Waals surface area (Å²) in [4.78, 5) is 14.4. The van der Waals surface area contributed by atoms with Crippen molar-refractivity contribution in [3.8, 4) is 11.5 Å². The van der Waals surface area contributed by atoms with E-state index >= 15 is 0 Å². The lowest BCUT2D eigenvalue weighted by atomic mass is 10.1. The minimum atomic E-state index is -4.94. The third-order valence-electron chi connectivity index (χ3n) is 5.60. The number of rotatable bonds is 8. The number of carbonyl (C=O) groups is 1. The molecule has 4 rings (SSSR count). The van der Waals surface area contributed by atoms with Crippen LogP contribution in [0.5, 0.6) is 11.5 Å². The van der Waals surface area contributed by atoms with Gasteiger partial charge in [0, 0.05) is 11.4 Å². The fourth-order valence-electron chi connectivity index (χ4n) is 3.85. The van der Waals surface area contributed by atoms with Gasteiger partial charge in [-0.2, -0.15) is 30.7 Å². The van der Waals surface area contributed by atoms with Crippen LogP contribution in [0, 0.1) is 0 Å². The molecule has 0 saturated heterocycles. The Morgan fingerprint density at radius 2 is 1.41 bits per heavy atom. The minimum absolute atomic E-state index is 0.0424. The lowest BCUT2D eigenvalue weighted by molar-refractivity contribution is -0.274. The predicted molar refractivity (Wildman–Crippen MR) is 125 cm³/mol. The molecule has 1 atom stereocenters. The average molecular weight is 594 g/mol. The minimum Gasteiger partial charge on any atom is -0.428 e. The molecule has 1 amide bonds. The van der Waals surface area contributed by atoms with Gasteiger partial charge in [0.15, 0.2) is 0 Å². The largest absolute Gasteiger partial charge is 0.573 e. The van der Waals surface area contributed by atoms with Crippen LogP contribution in [-0.4, -0.2) is 24.8 Å². The van der Waals surface area contributed by atoms with E-state index in [0.29, 0.717) is 12.1 Å². The Balaban J connectivity index is 1.68. The standard InChI is InChI=1S/C26H16F10N2O3/c27-23(28)25(32,33)40-19-3-1-2-14(12-19)21-13-20(37-16-6-10-18(11-7-16)41-26(34,35)36)22(39)38(21)17-8-4-15(5-9-17)24(29,30)31/h1-13,21,23,37H. The molecule has 1 aliphatic rings. The van der Waals surface area contributed by atoms with Gasteiger partial charge in [-0.05, 0) is 72.3 Å². The Bertz CT molecular complexity index is 1420. The molecule has 41 heavy (non-hydrogen) atoms. The van der Waals surface area contributed by atoms with Crippen LogP contribution in [-0.2, 0) is 11.0 Å². The highest BCUT2D eigenvalue weighted by Crippen LogP contribution is 2.39.